The lowest BCUT2D eigenvalue weighted by Crippen LogP contribution is -2.23. The molecule has 0 fully saturated rings. The second-order valence-corrected chi connectivity index (χ2v) is 8.06. The van der Waals surface area contributed by atoms with Crippen molar-refractivity contribution in [2.45, 2.75) is 39.7 Å². The zero-order chi connectivity index (χ0) is 19.9. The second-order valence-electron chi connectivity index (χ2n) is 7.01. The van der Waals surface area contributed by atoms with Crippen LogP contribution in [0.3, 0.4) is 0 Å². The molecule has 2 N–H and O–H groups in total. The molecule has 0 saturated heterocycles. The molecule has 3 aromatic heterocycles. The summed E-state index contributed by atoms with van der Waals surface area (Å²) in [5.74, 6) is -2.08. The number of hydrogen-bond donors (Lipinski definition) is 2. The Hall–Kier alpha value is -2.87. The van der Waals surface area contributed by atoms with Crippen LogP contribution >= 0.6 is 11.3 Å². The van der Waals surface area contributed by atoms with Crippen molar-refractivity contribution in [2.24, 2.45) is 0 Å². The highest BCUT2D eigenvalue weighted by Gasteiger charge is 2.27. The number of carboxylic acid groups (broad SMARTS) is 1. The molecule has 0 atom stereocenters. The van der Waals surface area contributed by atoms with Gasteiger partial charge in [0.05, 0.1) is 10.6 Å². The fourth-order valence-corrected chi connectivity index (χ4v) is 3.74. The van der Waals surface area contributed by atoms with Crippen LogP contribution in [0.15, 0.2) is 24.3 Å². The first-order chi connectivity index (χ1) is 12.6. The summed E-state index contributed by atoms with van der Waals surface area (Å²) < 4.78 is 7.06. The predicted molar refractivity (Wildman–Crippen MR) is 102 cm³/mol. The van der Waals surface area contributed by atoms with Gasteiger partial charge in [-0.1, -0.05) is 13.0 Å². The standard InChI is InChI=1S/C19H20N2O5S/c1-5-10-7-6-8-13-20-14(17(23)24)15(21(10)13)12-9-11(22)16(27-12)18(25)26-19(2,3)4/h6-9,22H,5H2,1-4H3,(H,23,24). The molecule has 0 aliphatic carbocycles. The van der Waals surface area contributed by atoms with Gasteiger partial charge in [-0.3, -0.25) is 4.40 Å². The van der Waals surface area contributed by atoms with E-state index in [2.05, 4.69) is 4.98 Å². The van der Waals surface area contributed by atoms with Crippen molar-refractivity contribution in [3.8, 4) is 16.3 Å². The van der Waals surface area contributed by atoms with Crippen molar-refractivity contribution in [3.63, 3.8) is 0 Å². The summed E-state index contributed by atoms with van der Waals surface area (Å²) in [6.45, 7) is 7.15. The third kappa shape index (κ3) is 3.52. The fraction of sp³-hybridized carbons (Fsp3) is 0.316. The third-order valence-electron chi connectivity index (χ3n) is 3.82. The highest BCUT2D eigenvalue weighted by molar-refractivity contribution is 7.17. The number of rotatable bonds is 4. The minimum atomic E-state index is -1.18. The Kier molecular flexibility index (Phi) is 4.69. The number of aromatic carboxylic acids is 1. The monoisotopic (exact) mass is 388 g/mol. The van der Waals surface area contributed by atoms with E-state index in [9.17, 15) is 19.8 Å². The Balaban J connectivity index is 2.21. The highest BCUT2D eigenvalue weighted by Crippen LogP contribution is 2.39. The molecule has 0 radical (unpaired) electrons. The Morgan fingerprint density at radius 3 is 2.59 bits per heavy atom. The number of aromatic nitrogens is 2. The van der Waals surface area contributed by atoms with Gasteiger partial charge in [0, 0.05) is 11.8 Å². The number of carbonyl (C=O) groups excluding carboxylic acids is 1. The number of fused-ring (bicyclic) bond motifs is 1. The van der Waals surface area contributed by atoms with E-state index in [0.29, 0.717) is 22.6 Å². The lowest BCUT2D eigenvalue weighted by molar-refractivity contribution is 0.00726. The van der Waals surface area contributed by atoms with Crippen molar-refractivity contribution in [2.75, 3.05) is 0 Å². The summed E-state index contributed by atoms with van der Waals surface area (Å²) in [4.78, 5) is 28.8. The third-order valence-corrected chi connectivity index (χ3v) is 4.93. The van der Waals surface area contributed by atoms with Crippen molar-refractivity contribution >= 4 is 28.9 Å². The average Bonchev–Trinajstić information content (AvgIpc) is 3.13. The number of thiophene rings is 1. The SMILES string of the molecule is CCc1cccc2nc(C(=O)O)c(-c3cc(O)c(C(=O)OC(C)(C)C)s3)n12. The number of esters is 1. The maximum absolute atomic E-state index is 12.4. The number of carbonyl (C=O) groups is 2. The first kappa shape index (κ1) is 18.9. The predicted octanol–water partition coefficient (Wildman–Crippen LogP) is 3.98. The number of ether oxygens (including phenoxy) is 1. The average molecular weight is 388 g/mol. The van der Waals surface area contributed by atoms with Gasteiger partial charge in [0.1, 0.15) is 17.0 Å². The van der Waals surface area contributed by atoms with Gasteiger partial charge in [-0.05, 0) is 39.3 Å². The van der Waals surface area contributed by atoms with Gasteiger partial charge in [0.25, 0.3) is 0 Å². The second kappa shape index (κ2) is 6.70. The van der Waals surface area contributed by atoms with Gasteiger partial charge >= 0.3 is 11.9 Å². The number of nitrogens with zero attached hydrogens (tertiary/aromatic N) is 2. The summed E-state index contributed by atoms with van der Waals surface area (Å²) in [5.41, 5.74) is 0.860. The van der Waals surface area contributed by atoms with Crippen molar-refractivity contribution < 1.29 is 24.5 Å². The van der Waals surface area contributed by atoms with Crippen LogP contribution in [0.2, 0.25) is 0 Å². The molecule has 7 nitrogen and oxygen atoms in total. The van der Waals surface area contributed by atoms with E-state index >= 15 is 0 Å². The zero-order valence-corrected chi connectivity index (χ0v) is 16.3. The fourth-order valence-electron chi connectivity index (χ4n) is 2.78. The lowest BCUT2D eigenvalue weighted by Gasteiger charge is -2.18. The number of aromatic hydroxyl groups is 1. The van der Waals surface area contributed by atoms with Crippen LogP contribution in [0.1, 0.15) is 53.5 Å². The number of imidazole rings is 1. The Bertz CT molecular complexity index is 1040. The first-order valence-electron chi connectivity index (χ1n) is 8.42. The summed E-state index contributed by atoms with van der Waals surface area (Å²) in [7, 11) is 0. The Morgan fingerprint density at radius 1 is 1.30 bits per heavy atom. The first-order valence-corrected chi connectivity index (χ1v) is 9.24. The summed E-state index contributed by atoms with van der Waals surface area (Å²) >= 11 is 0.983. The minimum Gasteiger partial charge on any atom is -0.506 e. The maximum atomic E-state index is 12.4. The van der Waals surface area contributed by atoms with Crippen LogP contribution in [-0.2, 0) is 11.2 Å². The molecule has 0 amide bonds. The molecule has 8 heteroatoms. The van der Waals surface area contributed by atoms with Gasteiger partial charge in [0.2, 0.25) is 0 Å². The number of carboxylic acids is 1. The zero-order valence-electron chi connectivity index (χ0n) is 15.4. The minimum absolute atomic E-state index is 0.0280. The number of aryl methyl sites for hydroxylation is 1. The van der Waals surface area contributed by atoms with Crippen molar-refractivity contribution in [3.05, 3.63) is 40.5 Å². The molecule has 3 heterocycles. The molecular formula is C19H20N2O5S. The van der Waals surface area contributed by atoms with E-state index in [1.54, 1.807) is 31.2 Å². The van der Waals surface area contributed by atoms with Gasteiger partial charge in [-0.25, -0.2) is 14.6 Å². The molecule has 3 rings (SSSR count). The largest absolute Gasteiger partial charge is 0.506 e. The van der Waals surface area contributed by atoms with Crippen LogP contribution in [0.5, 0.6) is 5.75 Å². The van der Waals surface area contributed by atoms with Crippen molar-refractivity contribution in [1.82, 2.24) is 9.38 Å². The van der Waals surface area contributed by atoms with E-state index in [-0.39, 0.29) is 16.3 Å². The maximum Gasteiger partial charge on any atom is 0.356 e. The Morgan fingerprint density at radius 2 is 2.00 bits per heavy atom. The van der Waals surface area contributed by atoms with Crippen LogP contribution in [0.25, 0.3) is 16.2 Å². The molecule has 3 aromatic rings. The van der Waals surface area contributed by atoms with Crippen molar-refractivity contribution in [1.29, 1.82) is 0 Å². The molecule has 0 aromatic carbocycles. The molecule has 0 spiro atoms. The molecule has 0 aliphatic rings. The van der Waals surface area contributed by atoms with E-state index < -0.39 is 17.5 Å². The van der Waals surface area contributed by atoms with E-state index in [1.807, 2.05) is 19.1 Å². The quantitative estimate of drug-likeness (QED) is 0.656. The van der Waals surface area contributed by atoms with Gasteiger partial charge in [-0.15, -0.1) is 11.3 Å². The molecule has 142 valence electrons. The molecule has 0 bridgehead atoms. The smallest absolute Gasteiger partial charge is 0.356 e. The highest BCUT2D eigenvalue weighted by atomic mass is 32.1. The van der Waals surface area contributed by atoms with Gasteiger partial charge in [-0.2, -0.15) is 0 Å². The molecule has 0 aliphatic heterocycles. The Labute approximate surface area is 159 Å². The van der Waals surface area contributed by atoms with E-state index in [1.165, 1.54) is 6.07 Å². The molecular weight excluding hydrogens is 368 g/mol. The normalized spacial score (nSPS) is 11.7. The van der Waals surface area contributed by atoms with Crippen LogP contribution in [0, 0.1) is 0 Å². The molecule has 27 heavy (non-hydrogen) atoms. The van der Waals surface area contributed by atoms with Gasteiger partial charge < -0.3 is 14.9 Å². The molecule has 0 unspecified atom stereocenters. The number of hydrogen-bond acceptors (Lipinski definition) is 6. The summed E-state index contributed by atoms with van der Waals surface area (Å²) in [6, 6.07) is 6.80. The van der Waals surface area contributed by atoms with Crippen LogP contribution in [-0.4, -0.2) is 37.1 Å². The van der Waals surface area contributed by atoms with E-state index in [4.69, 9.17) is 4.74 Å². The summed E-state index contributed by atoms with van der Waals surface area (Å²) in [6.07, 6.45) is 0.663. The van der Waals surface area contributed by atoms with Crippen LogP contribution in [0.4, 0.5) is 0 Å². The molecule has 0 saturated carbocycles. The lowest BCUT2D eigenvalue weighted by atomic mass is 10.2. The topological polar surface area (TPSA) is 101 Å². The van der Waals surface area contributed by atoms with Crippen LogP contribution < -0.4 is 0 Å². The summed E-state index contributed by atoms with van der Waals surface area (Å²) in [5, 5.41) is 19.9. The van der Waals surface area contributed by atoms with E-state index in [0.717, 1.165) is 17.0 Å². The van der Waals surface area contributed by atoms with Gasteiger partial charge in [0.15, 0.2) is 10.6 Å². The number of pyridine rings is 1.